The highest BCUT2D eigenvalue weighted by molar-refractivity contribution is 9.10. The van der Waals surface area contributed by atoms with E-state index in [4.69, 9.17) is 0 Å². The summed E-state index contributed by atoms with van der Waals surface area (Å²) in [6.45, 7) is -0.00341. The number of hydrogen-bond acceptors (Lipinski definition) is 4. The number of benzene rings is 1. The predicted molar refractivity (Wildman–Crippen MR) is 94.1 cm³/mol. The van der Waals surface area contributed by atoms with Crippen LogP contribution in [0.4, 0.5) is 0 Å². The molecule has 2 heterocycles. The summed E-state index contributed by atoms with van der Waals surface area (Å²) in [5.74, 6) is -0.158. The summed E-state index contributed by atoms with van der Waals surface area (Å²) < 4.78 is 2.14. The zero-order valence-electron chi connectivity index (χ0n) is 12.1. The average Bonchev–Trinajstić information content (AvgIpc) is 3.00. The van der Waals surface area contributed by atoms with E-state index in [1.54, 1.807) is 12.3 Å². The second-order valence-corrected chi connectivity index (χ2v) is 6.82. The van der Waals surface area contributed by atoms with Gasteiger partial charge >= 0.3 is 0 Å². The number of carbonyl (C=O) groups excluding carboxylic acids is 1. The predicted octanol–water partition coefficient (Wildman–Crippen LogP) is 3.54. The van der Waals surface area contributed by atoms with E-state index < -0.39 is 0 Å². The number of thiazole rings is 1. The Kier molecular flexibility index (Phi) is 4.83. The van der Waals surface area contributed by atoms with Gasteiger partial charge in [-0.25, -0.2) is 4.98 Å². The second kappa shape index (κ2) is 7.02. The van der Waals surface area contributed by atoms with Crippen LogP contribution in [-0.4, -0.2) is 15.3 Å². The van der Waals surface area contributed by atoms with Gasteiger partial charge in [0.1, 0.15) is 0 Å². The highest BCUT2D eigenvalue weighted by Gasteiger charge is 2.13. The summed E-state index contributed by atoms with van der Waals surface area (Å²) in [7, 11) is 0. The van der Waals surface area contributed by atoms with Gasteiger partial charge < -0.3 is 4.57 Å². The standard InChI is InChI=1S/C17H13BrN2O2S/c18-13-6-7-16(22)20(9-13)10-15(21)17-19-14(11-23-17)8-12-4-2-1-3-5-12/h1-7,9,11H,8,10H2. The van der Waals surface area contributed by atoms with E-state index in [0.29, 0.717) is 11.4 Å². The van der Waals surface area contributed by atoms with E-state index in [-0.39, 0.29) is 17.9 Å². The second-order valence-electron chi connectivity index (χ2n) is 5.04. The fourth-order valence-corrected chi connectivity index (χ4v) is 3.30. The van der Waals surface area contributed by atoms with Crippen LogP contribution in [-0.2, 0) is 13.0 Å². The van der Waals surface area contributed by atoms with Crippen molar-refractivity contribution in [1.29, 1.82) is 0 Å². The van der Waals surface area contributed by atoms with E-state index in [2.05, 4.69) is 20.9 Å². The van der Waals surface area contributed by atoms with E-state index in [0.717, 1.165) is 15.7 Å². The molecule has 0 saturated heterocycles. The molecule has 0 fully saturated rings. The Morgan fingerprint density at radius 2 is 1.96 bits per heavy atom. The Hall–Kier alpha value is -2.05. The number of carbonyl (C=O) groups is 1. The van der Waals surface area contributed by atoms with Crippen LogP contribution in [0.2, 0.25) is 0 Å². The fraction of sp³-hybridized carbons (Fsp3) is 0.118. The minimum Gasteiger partial charge on any atom is -0.306 e. The molecule has 116 valence electrons. The van der Waals surface area contributed by atoms with Gasteiger partial charge in [-0.2, -0.15) is 0 Å². The van der Waals surface area contributed by atoms with Crippen molar-refractivity contribution < 1.29 is 4.79 Å². The average molecular weight is 389 g/mol. The number of pyridine rings is 1. The zero-order valence-corrected chi connectivity index (χ0v) is 14.5. The van der Waals surface area contributed by atoms with Crippen molar-refractivity contribution in [2.45, 2.75) is 13.0 Å². The van der Waals surface area contributed by atoms with Gasteiger partial charge in [0.05, 0.1) is 12.2 Å². The molecule has 0 unspecified atom stereocenters. The minimum atomic E-state index is -0.206. The molecular weight excluding hydrogens is 376 g/mol. The summed E-state index contributed by atoms with van der Waals surface area (Å²) in [6, 6.07) is 13.1. The van der Waals surface area contributed by atoms with E-state index in [1.165, 1.54) is 22.0 Å². The highest BCUT2D eigenvalue weighted by atomic mass is 79.9. The SMILES string of the molecule is O=C(Cn1cc(Br)ccc1=O)c1nc(Cc2ccccc2)cs1. The summed E-state index contributed by atoms with van der Waals surface area (Å²) in [6.07, 6.45) is 2.31. The maximum atomic E-state index is 12.3. The minimum absolute atomic E-state index is 0.00341. The van der Waals surface area contributed by atoms with Gasteiger partial charge in [0.2, 0.25) is 5.78 Å². The molecule has 0 radical (unpaired) electrons. The van der Waals surface area contributed by atoms with Crippen LogP contribution in [0.3, 0.4) is 0 Å². The lowest BCUT2D eigenvalue weighted by Gasteiger charge is -2.03. The third kappa shape index (κ3) is 4.03. The molecule has 1 aromatic carbocycles. The molecular formula is C17H13BrN2O2S. The van der Waals surface area contributed by atoms with Crippen LogP contribution in [0.15, 0.2) is 63.3 Å². The van der Waals surface area contributed by atoms with Crippen molar-refractivity contribution in [3.05, 3.63) is 85.1 Å². The highest BCUT2D eigenvalue weighted by Crippen LogP contribution is 2.15. The van der Waals surface area contributed by atoms with E-state index in [9.17, 15) is 9.59 Å². The first kappa shape index (κ1) is 15.8. The number of halogens is 1. The Bertz CT molecular complexity index is 887. The van der Waals surface area contributed by atoms with Crippen LogP contribution in [0.25, 0.3) is 0 Å². The quantitative estimate of drug-likeness (QED) is 0.628. The molecule has 0 aliphatic rings. The molecule has 0 saturated carbocycles. The molecule has 23 heavy (non-hydrogen) atoms. The lowest BCUT2D eigenvalue weighted by molar-refractivity contribution is 0.0970. The molecule has 0 aliphatic carbocycles. The Balaban J connectivity index is 1.73. The van der Waals surface area contributed by atoms with Crippen molar-refractivity contribution in [3.63, 3.8) is 0 Å². The van der Waals surface area contributed by atoms with Crippen LogP contribution in [0, 0.1) is 0 Å². The maximum absolute atomic E-state index is 12.3. The third-order valence-electron chi connectivity index (χ3n) is 3.28. The first-order chi connectivity index (χ1) is 11.1. The van der Waals surface area contributed by atoms with Crippen LogP contribution in [0.5, 0.6) is 0 Å². The molecule has 6 heteroatoms. The van der Waals surface area contributed by atoms with Crippen molar-refractivity contribution in [1.82, 2.24) is 9.55 Å². The lowest BCUT2D eigenvalue weighted by Crippen LogP contribution is -2.22. The zero-order chi connectivity index (χ0) is 16.2. The van der Waals surface area contributed by atoms with Gasteiger partial charge in [0.15, 0.2) is 5.01 Å². The molecule has 2 aromatic heterocycles. The van der Waals surface area contributed by atoms with E-state index >= 15 is 0 Å². The number of Topliss-reactive ketones (excluding diaryl/α,β-unsaturated/α-hetero) is 1. The number of aromatic nitrogens is 2. The Morgan fingerprint density at radius 1 is 1.17 bits per heavy atom. The Morgan fingerprint density at radius 3 is 2.74 bits per heavy atom. The van der Waals surface area contributed by atoms with Crippen LogP contribution in [0.1, 0.15) is 21.1 Å². The number of rotatable bonds is 5. The smallest absolute Gasteiger partial charge is 0.251 e. The lowest BCUT2D eigenvalue weighted by atomic mass is 10.1. The summed E-state index contributed by atoms with van der Waals surface area (Å²) in [4.78, 5) is 28.5. The van der Waals surface area contributed by atoms with Crippen molar-refractivity contribution >= 4 is 33.0 Å². The van der Waals surface area contributed by atoms with Crippen molar-refractivity contribution in [2.24, 2.45) is 0 Å². The topological polar surface area (TPSA) is 52.0 Å². The van der Waals surface area contributed by atoms with Crippen LogP contribution >= 0.6 is 27.3 Å². The van der Waals surface area contributed by atoms with Gasteiger partial charge in [-0.1, -0.05) is 30.3 Å². The monoisotopic (exact) mass is 388 g/mol. The number of ketones is 1. The molecule has 3 rings (SSSR count). The van der Waals surface area contributed by atoms with Gasteiger partial charge in [-0.3, -0.25) is 9.59 Å². The molecule has 0 aliphatic heterocycles. The number of hydrogen-bond donors (Lipinski definition) is 0. The maximum Gasteiger partial charge on any atom is 0.251 e. The fourth-order valence-electron chi connectivity index (χ4n) is 2.17. The number of nitrogens with zero attached hydrogens (tertiary/aromatic N) is 2. The first-order valence-corrected chi connectivity index (χ1v) is 8.66. The summed E-state index contributed by atoms with van der Waals surface area (Å²) in [5, 5.41) is 2.33. The van der Waals surface area contributed by atoms with E-state index in [1.807, 2.05) is 35.7 Å². The molecule has 0 spiro atoms. The largest absolute Gasteiger partial charge is 0.306 e. The van der Waals surface area contributed by atoms with Gasteiger partial charge in [0, 0.05) is 28.5 Å². The van der Waals surface area contributed by atoms with Crippen LogP contribution < -0.4 is 5.56 Å². The molecule has 0 bridgehead atoms. The molecule has 3 aromatic rings. The summed E-state index contributed by atoms with van der Waals surface area (Å²) >= 11 is 4.62. The summed E-state index contributed by atoms with van der Waals surface area (Å²) in [5.41, 5.74) is 1.81. The van der Waals surface area contributed by atoms with Gasteiger partial charge in [-0.05, 0) is 27.6 Å². The molecule has 0 atom stereocenters. The molecule has 4 nitrogen and oxygen atoms in total. The molecule has 0 N–H and O–H groups in total. The van der Waals surface area contributed by atoms with Crippen molar-refractivity contribution in [2.75, 3.05) is 0 Å². The first-order valence-electron chi connectivity index (χ1n) is 6.99. The normalized spacial score (nSPS) is 10.7. The Labute approximate surface area is 145 Å². The third-order valence-corrected chi connectivity index (χ3v) is 4.68. The van der Waals surface area contributed by atoms with Crippen molar-refractivity contribution in [3.8, 4) is 0 Å². The van der Waals surface area contributed by atoms with Gasteiger partial charge in [-0.15, -0.1) is 11.3 Å². The van der Waals surface area contributed by atoms with Gasteiger partial charge in [0.25, 0.3) is 5.56 Å². The molecule has 0 amide bonds.